The van der Waals surface area contributed by atoms with E-state index in [1.807, 2.05) is 0 Å². The molecule has 0 aliphatic heterocycles. The third kappa shape index (κ3) is 7.34. The Balaban J connectivity index is 1.42. The van der Waals surface area contributed by atoms with E-state index in [4.69, 9.17) is 11.6 Å². The minimum Gasteiger partial charge on any atom is -0.322 e. The summed E-state index contributed by atoms with van der Waals surface area (Å²) >= 11 is 6.02. The lowest BCUT2D eigenvalue weighted by Crippen LogP contribution is -2.29. The molecule has 0 fully saturated rings. The van der Waals surface area contributed by atoms with Crippen LogP contribution in [-0.2, 0) is 26.6 Å². The number of hydrogen-bond acceptors (Lipinski definition) is 5. The highest BCUT2D eigenvalue weighted by atomic mass is 35.5. The van der Waals surface area contributed by atoms with Crippen molar-refractivity contribution in [3.8, 4) is 0 Å². The number of nitrogens with one attached hydrogen (secondary N) is 2. The van der Waals surface area contributed by atoms with Crippen LogP contribution in [0.4, 0.5) is 21.5 Å². The average Bonchev–Trinajstić information content (AvgIpc) is 2.88. The van der Waals surface area contributed by atoms with Crippen LogP contribution in [-0.4, -0.2) is 29.0 Å². The molecule has 1 amide bonds. The summed E-state index contributed by atoms with van der Waals surface area (Å²) in [6.45, 7) is 0.0446. The molecule has 202 valence electrons. The van der Waals surface area contributed by atoms with Crippen molar-refractivity contribution in [3.63, 3.8) is 0 Å². The predicted octanol–water partition coefficient (Wildman–Crippen LogP) is 5.50. The van der Waals surface area contributed by atoms with Gasteiger partial charge in [-0.15, -0.1) is 0 Å². The molecule has 4 rings (SSSR count). The van der Waals surface area contributed by atoms with Crippen LogP contribution in [0.15, 0.2) is 102 Å². The van der Waals surface area contributed by atoms with Crippen LogP contribution >= 0.6 is 11.6 Å². The molecule has 0 aromatic heterocycles. The van der Waals surface area contributed by atoms with Gasteiger partial charge >= 0.3 is 0 Å². The van der Waals surface area contributed by atoms with E-state index in [9.17, 15) is 26.0 Å². The molecule has 0 radical (unpaired) electrons. The number of hydrogen-bond donors (Lipinski definition) is 2. The molecule has 0 saturated heterocycles. The molecule has 0 bridgehead atoms. The van der Waals surface area contributed by atoms with Crippen LogP contribution < -0.4 is 14.3 Å². The van der Waals surface area contributed by atoms with Crippen molar-refractivity contribution < 1.29 is 26.0 Å². The molecule has 0 unspecified atom stereocenters. The van der Waals surface area contributed by atoms with Gasteiger partial charge < -0.3 is 5.32 Å². The molecule has 8 nitrogen and oxygen atoms in total. The van der Waals surface area contributed by atoms with Crippen molar-refractivity contribution in [2.24, 2.45) is 0 Å². The van der Waals surface area contributed by atoms with E-state index in [1.165, 1.54) is 40.7 Å². The summed E-state index contributed by atoms with van der Waals surface area (Å²) < 4.78 is 66.6. The van der Waals surface area contributed by atoms with Gasteiger partial charge in [0.05, 0.1) is 23.4 Å². The Hall–Kier alpha value is -3.93. The van der Waals surface area contributed by atoms with Crippen LogP contribution in [0.25, 0.3) is 0 Å². The van der Waals surface area contributed by atoms with E-state index in [1.54, 1.807) is 48.5 Å². The number of rotatable bonds is 9. The van der Waals surface area contributed by atoms with Gasteiger partial charge in [0, 0.05) is 22.0 Å². The highest BCUT2D eigenvalue weighted by Gasteiger charge is 2.19. The van der Waals surface area contributed by atoms with Crippen LogP contribution in [0.3, 0.4) is 0 Å². The number of halogens is 2. The second kappa shape index (κ2) is 11.4. The largest absolute Gasteiger partial charge is 0.322 e. The molecule has 0 atom stereocenters. The highest BCUT2D eigenvalue weighted by molar-refractivity contribution is 7.92. The van der Waals surface area contributed by atoms with E-state index >= 15 is 0 Å². The van der Waals surface area contributed by atoms with E-state index in [2.05, 4.69) is 10.0 Å². The van der Waals surface area contributed by atoms with Gasteiger partial charge in [0.15, 0.2) is 0 Å². The fourth-order valence-electron chi connectivity index (χ4n) is 3.61. The van der Waals surface area contributed by atoms with Crippen LogP contribution in [0, 0.1) is 5.82 Å². The Bertz CT molecular complexity index is 1700. The maximum atomic E-state index is 13.1. The number of benzene rings is 4. The third-order valence-corrected chi connectivity index (χ3v) is 8.33. The topological polar surface area (TPSA) is 113 Å². The Morgan fingerprint density at radius 1 is 0.846 bits per heavy atom. The quantitative estimate of drug-likeness (QED) is 0.269. The number of sulfonamides is 2. The first-order chi connectivity index (χ1) is 18.4. The van der Waals surface area contributed by atoms with E-state index in [0.717, 1.165) is 18.4 Å². The van der Waals surface area contributed by atoms with Gasteiger partial charge in [-0.2, -0.15) is 0 Å². The molecule has 4 aromatic carbocycles. The lowest BCUT2D eigenvalue weighted by Gasteiger charge is -2.22. The number of amides is 1. The Kier molecular flexibility index (Phi) is 8.24. The normalized spacial score (nSPS) is 11.6. The van der Waals surface area contributed by atoms with Crippen molar-refractivity contribution in [1.82, 2.24) is 0 Å². The van der Waals surface area contributed by atoms with E-state index in [-0.39, 0.29) is 17.1 Å². The summed E-state index contributed by atoms with van der Waals surface area (Å²) in [5.41, 5.74) is 1.98. The molecule has 4 aromatic rings. The molecule has 0 spiro atoms. The minimum absolute atomic E-state index is 0.0377. The van der Waals surface area contributed by atoms with Crippen molar-refractivity contribution in [3.05, 3.63) is 119 Å². The first-order valence-electron chi connectivity index (χ1n) is 11.4. The molecular weight excluding hydrogens is 565 g/mol. The molecule has 2 N–H and O–H groups in total. The minimum atomic E-state index is -3.91. The second-order valence-corrected chi connectivity index (χ2v) is 12.6. The van der Waals surface area contributed by atoms with Crippen molar-refractivity contribution in [2.45, 2.75) is 11.4 Å². The van der Waals surface area contributed by atoms with Gasteiger partial charge in [-0.3, -0.25) is 13.8 Å². The monoisotopic (exact) mass is 587 g/mol. The lowest BCUT2D eigenvalue weighted by atomic mass is 10.1. The number of anilines is 3. The van der Waals surface area contributed by atoms with Gasteiger partial charge in [0.25, 0.3) is 15.9 Å². The smallest absolute Gasteiger partial charge is 0.261 e. The van der Waals surface area contributed by atoms with Gasteiger partial charge in [-0.05, 0) is 84.4 Å². The third-order valence-electron chi connectivity index (χ3n) is 5.56. The molecular formula is C27H23ClFN3O5S2. The van der Waals surface area contributed by atoms with Crippen LogP contribution in [0.2, 0.25) is 5.02 Å². The summed E-state index contributed by atoms with van der Waals surface area (Å²) in [5, 5.41) is 3.10. The maximum Gasteiger partial charge on any atom is 0.261 e. The highest BCUT2D eigenvalue weighted by Crippen LogP contribution is 2.24. The summed E-state index contributed by atoms with van der Waals surface area (Å²) in [7, 11) is -7.51. The summed E-state index contributed by atoms with van der Waals surface area (Å²) in [5.74, 6) is -0.919. The molecule has 0 aliphatic carbocycles. The van der Waals surface area contributed by atoms with Gasteiger partial charge in [-0.1, -0.05) is 29.8 Å². The second-order valence-electron chi connectivity index (χ2n) is 8.54. The Labute approximate surface area is 231 Å². The molecule has 0 saturated carbocycles. The number of carbonyl (C=O) groups excluding carboxylic acids is 1. The number of nitrogens with zero attached hydrogens (tertiary/aromatic N) is 1. The zero-order chi connectivity index (χ0) is 28.2. The van der Waals surface area contributed by atoms with Crippen molar-refractivity contribution in [1.29, 1.82) is 0 Å². The van der Waals surface area contributed by atoms with Gasteiger partial charge in [0.2, 0.25) is 10.0 Å². The molecule has 39 heavy (non-hydrogen) atoms. The summed E-state index contributed by atoms with van der Waals surface area (Å²) in [4.78, 5) is 12.7. The molecule has 0 aliphatic rings. The van der Waals surface area contributed by atoms with Crippen molar-refractivity contribution >= 4 is 54.6 Å². The fourth-order valence-corrected chi connectivity index (χ4v) is 5.73. The average molecular weight is 588 g/mol. The van der Waals surface area contributed by atoms with Crippen molar-refractivity contribution in [2.75, 3.05) is 20.6 Å². The zero-order valence-corrected chi connectivity index (χ0v) is 22.9. The van der Waals surface area contributed by atoms with E-state index in [0.29, 0.717) is 27.5 Å². The fraction of sp³-hybridized carbons (Fsp3) is 0.0741. The Morgan fingerprint density at radius 2 is 1.46 bits per heavy atom. The van der Waals surface area contributed by atoms with Gasteiger partial charge in [-0.25, -0.2) is 21.2 Å². The van der Waals surface area contributed by atoms with E-state index < -0.39 is 31.8 Å². The lowest BCUT2D eigenvalue weighted by molar-refractivity contribution is 0.102. The van der Waals surface area contributed by atoms with Crippen LogP contribution in [0.1, 0.15) is 15.9 Å². The first-order valence-corrected chi connectivity index (χ1v) is 15.1. The standard InChI is InChI=1S/C27H23ClFN3O5S2/c1-38(34,35)32(25-4-2-3-21(28)17-25)18-19-5-7-20(8-6-19)27(33)30-23-13-15-26(16-14-23)39(36,37)31-24-11-9-22(29)10-12-24/h2-17,31H,18H2,1H3,(H,30,33). The van der Waals surface area contributed by atoms with Crippen LogP contribution in [0.5, 0.6) is 0 Å². The Morgan fingerprint density at radius 3 is 2.05 bits per heavy atom. The zero-order valence-electron chi connectivity index (χ0n) is 20.5. The first kappa shape index (κ1) is 28.1. The maximum absolute atomic E-state index is 13.1. The summed E-state index contributed by atoms with van der Waals surface area (Å²) in [6.07, 6.45) is 1.10. The summed E-state index contributed by atoms with van der Waals surface area (Å²) in [6, 6.07) is 23.4. The van der Waals surface area contributed by atoms with Gasteiger partial charge in [0.1, 0.15) is 5.82 Å². The predicted molar refractivity (Wildman–Crippen MR) is 151 cm³/mol. The SMILES string of the molecule is CS(=O)(=O)N(Cc1ccc(C(=O)Nc2ccc(S(=O)(=O)Nc3ccc(F)cc3)cc2)cc1)c1cccc(Cl)c1. The number of carbonyl (C=O) groups is 1. The molecule has 12 heteroatoms. The molecule has 0 heterocycles.